The second kappa shape index (κ2) is 7.51. The number of aliphatic hydroxyl groups excluding tert-OH is 1. The van der Waals surface area contributed by atoms with E-state index in [1.54, 1.807) is 36.1 Å². The van der Waals surface area contributed by atoms with E-state index in [2.05, 4.69) is 0 Å². The molecule has 0 bridgehead atoms. The third-order valence-electron chi connectivity index (χ3n) is 2.91. The summed E-state index contributed by atoms with van der Waals surface area (Å²) < 4.78 is 5.58. The van der Waals surface area contributed by atoms with Crippen LogP contribution in [0, 0.1) is 11.3 Å². The second-order valence-corrected chi connectivity index (χ2v) is 4.72. The Morgan fingerprint density at radius 1 is 1.40 bits per heavy atom. The topological polar surface area (TPSA) is 73.6 Å². The lowest BCUT2D eigenvalue weighted by Gasteiger charge is -2.29. The van der Waals surface area contributed by atoms with Gasteiger partial charge in [0.15, 0.2) is 6.10 Å². The van der Waals surface area contributed by atoms with Crippen molar-refractivity contribution in [2.75, 3.05) is 13.2 Å². The lowest BCUT2D eigenvalue weighted by Crippen LogP contribution is -2.45. The SMILES string of the molecule is CC(Oc1ccccc1C#N)C(=O)N(CCO)C(C)C. The fourth-order valence-electron chi connectivity index (χ4n) is 1.87. The molecule has 5 heteroatoms. The average Bonchev–Trinajstić information content (AvgIpc) is 2.44. The minimum absolute atomic E-state index is 0.0214. The molecule has 0 spiro atoms. The molecule has 0 heterocycles. The maximum atomic E-state index is 12.3. The van der Waals surface area contributed by atoms with Gasteiger partial charge in [-0.1, -0.05) is 12.1 Å². The van der Waals surface area contributed by atoms with Crippen LogP contribution in [-0.4, -0.2) is 41.2 Å². The molecule has 1 unspecified atom stereocenters. The maximum Gasteiger partial charge on any atom is 0.263 e. The lowest BCUT2D eigenvalue weighted by atomic mass is 10.2. The van der Waals surface area contributed by atoms with Crippen molar-refractivity contribution in [2.45, 2.75) is 32.9 Å². The molecule has 0 saturated heterocycles. The largest absolute Gasteiger partial charge is 0.480 e. The molecule has 0 fully saturated rings. The van der Waals surface area contributed by atoms with Gasteiger partial charge in [-0.2, -0.15) is 5.26 Å². The first kappa shape index (κ1) is 16.0. The van der Waals surface area contributed by atoms with Gasteiger partial charge in [-0.05, 0) is 32.9 Å². The Hall–Kier alpha value is -2.06. The summed E-state index contributed by atoms with van der Waals surface area (Å²) in [6, 6.07) is 8.80. The number of para-hydroxylation sites is 1. The van der Waals surface area contributed by atoms with Crippen molar-refractivity contribution < 1.29 is 14.6 Å². The van der Waals surface area contributed by atoms with Crippen LogP contribution in [-0.2, 0) is 4.79 Å². The number of rotatable bonds is 6. The molecular formula is C15H20N2O3. The number of carbonyl (C=O) groups is 1. The molecule has 0 saturated carbocycles. The van der Waals surface area contributed by atoms with Gasteiger partial charge in [-0.3, -0.25) is 4.79 Å². The van der Waals surface area contributed by atoms with Crippen LogP contribution in [0.1, 0.15) is 26.3 Å². The number of hydrogen-bond acceptors (Lipinski definition) is 4. The normalized spacial score (nSPS) is 11.8. The molecule has 1 rings (SSSR count). The molecule has 1 N–H and O–H groups in total. The third kappa shape index (κ3) is 3.97. The number of nitriles is 1. The van der Waals surface area contributed by atoms with Gasteiger partial charge in [0.1, 0.15) is 11.8 Å². The first-order valence-electron chi connectivity index (χ1n) is 6.58. The molecule has 0 aliphatic heterocycles. The van der Waals surface area contributed by atoms with E-state index in [-0.39, 0.29) is 25.1 Å². The highest BCUT2D eigenvalue weighted by Crippen LogP contribution is 2.19. The molecular weight excluding hydrogens is 256 g/mol. The fourth-order valence-corrected chi connectivity index (χ4v) is 1.87. The molecule has 1 amide bonds. The third-order valence-corrected chi connectivity index (χ3v) is 2.91. The molecule has 5 nitrogen and oxygen atoms in total. The van der Waals surface area contributed by atoms with Crippen molar-refractivity contribution in [3.8, 4) is 11.8 Å². The number of benzene rings is 1. The number of aliphatic hydroxyl groups is 1. The zero-order chi connectivity index (χ0) is 15.1. The van der Waals surface area contributed by atoms with E-state index < -0.39 is 6.10 Å². The Morgan fingerprint density at radius 2 is 2.05 bits per heavy atom. The number of ether oxygens (including phenoxy) is 1. The summed E-state index contributed by atoms with van der Waals surface area (Å²) in [6.45, 7) is 5.58. The molecule has 1 aromatic carbocycles. The fraction of sp³-hybridized carbons (Fsp3) is 0.467. The van der Waals surface area contributed by atoms with Crippen LogP contribution in [0.15, 0.2) is 24.3 Å². The first-order valence-corrected chi connectivity index (χ1v) is 6.58. The van der Waals surface area contributed by atoms with Crippen LogP contribution in [0.2, 0.25) is 0 Å². The summed E-state index contributed by atoms with van der Waals surface area (Å²) in [7, 11) is 0. The van der Waals surface area contributed by atoms with Gasteiger partial charge < -0.3 is 14.7 Å². The van der Waals surface area contributed by atoms with E-state index in [0.29, 0.717) is 11.3 Å². The summed E-state index contributed by atoms with van der Waals surface area (Å²) in [4.78, 5) is 13.8. The van der Waals surface area contributed by atoms with Crippen LogP contribution in [0.3, 0.4) is 0 Å². The first-order chi connectivity index (χ1) is 9.51. The highest BCUT2D eigenvalue weighted by molar-refractivity contribution is 5.81. The van der Waals surface area contributed by atoms with Crippen LogP contribution >= 0.6 is 0 Å². The van der Waals surface area contributed by atoms with Crippen molar-refractivity contribution in [3.05, 3.63) is 29.8 Å². The molecule has 0 radical (unpaired) electrons. The second-order valence-electron chi connectivity index (χ2n) is 4.72. The minimum atomic E-state index is -0.710. The minimum Gasteiger partial charge on any atom is -0.480 e. The Balaban J connectivity index is 2.82. The molecule has 20 heavy (non-hydrogen) atoms. The Bertz CT molecular complexity index is 494. The van der Waals surface area contributed by atoms with Gasteiger partial charge in [0.2, 0.25) is 0 Å². The van der Waals surface area contributed by atoms with Crippen molar-refractivity contribution in [1.82, 2.24) is 4.90 Å². The highest BCUT2D eigenvalue weighted by atomic mass is 16.5. The van der Waals surface area contributed by atoms with Crippen molar-refractivity contribution in [2.24, 2.45) is 0 Å². The predicted octanol–water partition coefficient (Wildman–Crippen LogP) is 1.55. The van der Waals surface area contributed by atoms with E-state index in [9.17, 15) is 4.79 Å². The molecule has 0 aliphatic rings. The van der Waals surface area contributed by atoms with Crippen LogP contribution in [0.25, 0.3) is 0 Å². The zero-order valence-corrected chi connectivity index (χ0v) is 12.0. The molecule has 1 atom stereocenters. The van der Waals surface area contributed by atoms with Gasteiger partial charge in [0, 0.05) is 12.6 Å². The zero-order valence-electron chi connectivity index (χ0n) is 12.0. The van der Waals surface area contributed by atoms with Gasteiger partial charge in [-0.15, -0.1) is 0 Å². The van der Waals surface area contributed by atoms with Gasteiger partial charge in [-0.25, -0.2) is 0 Å². The monoisotopic (exact) mass is 276 g/mol. The number of hydrogen-bond donors (Lipinski definition) is 1. The van der Waals surface area contributed by atoms with Gasteiger partial charge in [0.05, 0.1) is 12.2 Å². The van der Waals surface area contributed by atoms with Gasteiger partial charge >= 0.3 is 0 Å². The highest BCUT2D eigenvalue weighted by Gasteiger charge is 2.24. The van der Waals surface area contributed by atoms with E-state index in [0.717, 1.165) is 0 Å². The van der Waals surface area contributed by atoms with Crippen molar-refractivity contribution in [3.63, 3.8) is 0 Å². The average molecular weight is 276 g/mol. The van der Waals surface area contributed by atoms with E-state index in [1.165, 1.54) is 0 Å². The summed E-state index contributed by atoms with van der Waals surface area (Å²) in [5.74, 6) is 0.186. The van der Waals surface area contributed by atoms with E-state index in [1.807, 2.05) is 19.9 Å². The standard InChI is InChI=1S/C15H20N2O3/c1-11(2)17(8-9-18)15(19)12(3)20-14-7-5-4-6-13(14)10-16/h4-7,11-12,18H,8-9H2,1-3H3. The number of carbonyl (C=O) groups excluding carboxylic acids is 1. The Labute approximate surface area is 119 Å². The van der Waals surface area contributed by atoms with E-state index >= 15 is 0 Å². The molecule has 1 aromatic rings. The summed E-state index contributed by atoms with van der Waals surface area (Å²) in [5.41, 5.74) is 0.394. The van der Waals surface area contributed by atoms with Crippen molar-refractivity contribution >= 4 is 5.91 Å². The summed E-state index contributed by atoms with van der Waals surface area (Å²) in [5, 5.41) is 18.0. The predicted molar refractivity (Wildman–Crippen MR) is 75.2 cm³/mol. The lowest BCUT2D eigenvalue weighted by molar-refractivity contribution is -0.140. The molecule has 0 aromatic heterocycles. The van der Waals surface area contributed by atoms with Gasteiger partial charge in [0.25, 0.3) is 5.91 Å². The molecule has 0 aliphatic carbocycles. The van der Waals surface area contributed by atoms with E-state index in [4.69, 9.17) is 15.1 Å². The Kier molecular flexibility index (Phi) is 6.01. The quantitative estimate of drug-likeness (QED) is 0.855. The Morgan fingerprint density at radius 3 is 2.60 bits per heavy atom. The number of nitrogens with zero attached hydrogens (tertiary/aromatic N) is 2. The van der Waals surface area contributed by atoms with Crippen LogP contribution in [0.4, 0.5) is 0 Å². The summed E-state index contributed by atoms with van der Waals surface area (Å²) >= 11 is 0. The smallest absolute Gasteiger partial charge is 0.263 e. The van der Waals surface area contributed by atoms with Crippen LogP contribution < -0.4 is 4.74 Å². The molecule has 108 valence electrons. The van der Waals surface area contributed by atoms with Crippen molar-refractivity contribution in [1.29, 1.82) is 5.26 Å². The number of amides is 1. The summed E-state index contributed by atoms with van der Waals surface area (Å²) in [6.07, 6.45) is -0.710. The maximum absolute atomic E-state index is 12.3. The van der Waals surface area contributed by atoms with Crippen LogP contribution in [0.5, 0.6) is 5.75 Å².